The Hall–Kier alpha value is -0.0100. The molecule has 28 heavy (non-hydrogen) atoms. The van der Waals surface area contributed by atoms with E-state index >= 15 is 0 Å². The van der Waals surface area contributed by atoms with Crippen molar-refractivity contribution < 1.29 is 32.5 Å². The molecule has 1 N–H and O–H groups in total. The lowest BCUT2D eigenvalue weighted by Crippen LogP contribution is -2.42. The quantitative estimate of drug-likeness (QED) is 0.188. The van der Waals surface area contributed by atoms with Crippen molar-refractivity contribution >= 4 is 7.82 Å². The molecule has 0 saturated carbocycles. The number of nitrogens with zero attached hydrogens (tertiary/aromatic N) is 1. The van der Waals surface area contributed by atoms with Crippen LogP contribution in [0, 0.1) is 0 Å². The van der Waals surface area contributed by atoms with Gasteiger partial charge >= 0.3 is 7.82 Å². The van der Waals surface area contributed by atoms with E-state index in [4.69, 9.17) is 18.5 Å². The third-order valence-electron chi connectivity index (χ3n) is 4.21. The van der Waals surface area contributed by atoms with Crippen molar-refractivity contribution in [3.8, 4) is 0 Å². The average Bonchev–Trinajstić information content (AvgIpc) is 2.60. The summed E-state index contributed by atoms with van der Waals surface area (Å²) in [5, 5.41) is 0. The number of quaternary nitrogens is 1. The lowest BCUT2D eigenvalue weighted by molar-refractivity contribution is -0.873. The number of phosphoric ester groups is 1. The highest BCUT2D eigenvalue weighted by atomic mass is 31.2. The molecule has 2 unspecified atom stereocenters. The Bertz CT molecular complexity index is 416. The van der Waals surface area contributed by atoms with Gasteiger partial charge in [-0.3, -0.25) is 9.05 Å². The van der Waals surface area contributed by atoms with Crippen LogP contribution in [0.3, 0.4) is 0 Å². The summed E-state index contributed by atoms with van der Waals surface area (Å²) in [6.07, 6.45) is 6.36. The Kier molecular flexibility index (Phi) is 15.8. The number of unbranched alkanes of at least 4 members (excludes halogenated alkanes) is 4. The van der Waals surface area contributed by atoms with Crippen LogP contribution in [0.4, 0.5) is 0 Å². The molecule has 0 aliphatic heterocycles. The first-order chi connectivity index (χ1) is 13.1. The van der Waals surface area contributed by atoms with Gasteiger partial charge in [0.2, 0.25) is 0 Å². The maximum Gasteiger partial charge on any atom is 0.472 e. The average molecular weight is 427 g/mol. The fourth-order valence-electron chi connectivity index (χ4n) is 2.66. The highest BCUT2D eigenvalue weighted by Gasteiger charge is 2.30. The Labute approximate surface area is 172 Å². The minimum Gasteiger partial charge on any atom is -0.379 e. The van der Waals surface area contributed by atoms with Crippen LogP contribution in [-0.2, 0) is 23.1 Å². The highest BCUT2D eigenvalue weighted by molar-refractivity contribution is 7.47. The molecular weight excluding hydrogens is 381 g/mol. The van der Waals surface area contributed by atoms with Gasteiger partial charge in [0.05, 0.1) is 34.4 Å². The van der Waals surface area contributed by atoms with Gasteiger partial charge in [-0.2, -0.15) is 0 Å². The van der Waals surface area contributed by atoms with Crippen LogP contribution in [0.15, 0.2) is 0 Å². The molecule has 0 saturated heterocycles. The molecule has 0 aliphatic rings. The normalized spacial score (nSPS) is 16.7. The van der Waals surface area contributed by atoms with Crippen LogP contribution >= 0.6 is 7.82 Å². The summed E-state index contributed by atoms with van der Waals surface area (Å²) >= 11 is 0. The maximum absolute atomic E-state index is 12.4. The van der Waals surface area contributed by atoms with Crippen molar-refractivity contribution in [3.63, 3.8) is 0 Å². The summed E-state index contributed by atoms with van der Waals surface area (Å²) in [5.74, 6) is 0. The van der Waals surface area contributed by atoms with E-state index in [9.17, 15) is 9.46 Å². The second-order valence-corrected chi connectivity index (χ2v) is 9.76. The Morgan fingerprint density at radius 3 is 2.04 bits per heavy atom. The monoisotopic (exact) mass is 426 g/mol. The van der Waals surface area contributed by atoms with Crippen LogP contribution in [0.1, 0.15) is 65.7 Å². The topological polar surface area (TPSA) is 74.2 Å². The van der Waals surface area contributed by atoms with E-state index in [1.165, 1.54) is 0 Å². The van der Waals surface area contributed by atoms with Crippen molar-refractivity contribution in [2.45, 2.75) is 77.9 Å². The molecule has 170 valence electrons. The summed E-state index contributed by atoms with van der Waals surface area (Å²) in [5.41, 5.74) is 0. The second-order valence-electron chi connectivity index (χ2n) is 8.35. The van der Waals surface area contributed by atoms with Gasteiger partial charge < -0.3 is 18.9 Å². The summed E-state index contributed by atoms with van der Waals surface area (Å²) in [6.45, 7) is 8.44. The first kappa shape index (κ1) is 28.0. The zero-order valence-electron chi connectivity index (χ0n) is 19.0. The number of hydrogen-bond donors (Lipinski definition) is 1. The van der Waals surface area contributed by atoms with Crippen LogP contribution in [-0.4, -0.2) is 75.7 Å². The van der Waals surface area contributed by atoms with Gasteiger partial charge in [0.15, 0.2) is 0 Å². The number of ether oxygens (including phenoxy) is 2. The lowest BCUT2D eigenvalue weighted by Gasteiger charge is -2.29. The molecule has 7 nitrogen and oxygen atoms in total. The van der Waals surface area contributed by atoms with Gasteiger partial charge in [-0.1, -0.05) is 46.5 Å². The van der Waals surface area contributed by atoms with Crippen LogP contribution < -0.4 is 0 Å². The van der Waals surface area contributed by atoms with Gasteiger partial charge in [0, 0.05) is 13.2 Å². The predicted molar refractivity (Wildman–Crippen MR) is 113 cm³/mol. The summed E-state index contributed by atoms with van der Waals surface area (Å²) in [6, 6.07) is 0. The lowest BCUT2D eigenvalue weighted by atomic mass is 10.2. The largest absolute Gasteiger partial charge is 0.472 e. The van der Waals surface area contributed by atoms with Gasteiger partial charge in [-0.05, 0) is 19.3 Å². The standard InChI is InChI=1S/C20H44NO6P/c1-7-10-12-14-24-17-20(25-15-13-11-8-2)18-26-28(22,23)27-19(9-3)16-21(4,5)6/h19-20H,7-18H2,1-6H3/p+1/t19?,20-/m1/s1. The predicted octanol–water partition coefficient (Wildman–Crippen LogP) is 4.39. The first-order valence-corrected chi connectivity index (χ1v) is 12.3. The van der Waals surface area contributed by atoms with Gasteiger partial charge in [-0.15, -0.1) is 0 Å². The summed E-state index contributed by atoms with van der Waals surface area (Å²) in [7, 11) is 1.91. The van der Waals surface area contributed by atoms with Crippen molar-refractivity contribution in [1.82, 2.24) is 0 Å². The fourth-order valence-corrected chi connectivity index (χ4v) is 3.67. The first-order valence-electron chi connectivity index (χ1n) is 10.8. The maximum atomic E-state index is 12.4. The van der Waals surface area contributed by atoms with E-state index in [0.29, 0.717) is 37.3 Å². The molecule has 3 atom stereocenters. The molecule has 0 aliphatic carbocycles. The smallest absolute Gasteiger partial charge is 0.379 e. The number of phosphoric acid groups is 1. The third kappa shape index (κ3) is 16.9. The van der Waals surface area contributed by atoms with E-state index in [1.54, 1.807) is 0 Å². The Morgan fingerprint density at radius 2 is 1.50 bits per heavy atom. The fraction of sp³-hybridized carbons (Fsp3) is 1.00. The number of likely N-dealkylation sites (N-methyl/N-ethyl adjacent to an activating group) is 1. The zero-order valence-corrected chi connectivity index (χ0v) is 19.9. The minimum atomic E-state index is -4.15. The SMILES string of the molecule is CCCCCOC[C@H](COP(=O)(O)OC(CC)C[N+](C)(C)C)OCCCCC. The van der Waals surface area contributed by atoms with Crippen LogP contribution in [0.2, 0.25) is 0 Å². The molecule has 0 aromatic carbocycles. The molecule has 0 radical (unpaired) electrons. The molecule has 0 rings (SSSR count). The molecule has 0 aromatic rings. The van der Waals surface area contributed by atoms with E-state index < -0.39 is 7.82 Å². The van der Waals surface area contributed by atoms with Gasteiger partial charge in [0.25, 0.3) is 0 Å². The van der Waals surface area contributed by atoms with Crippen molar-refractivity contribution in [1.29, 1.82) is 0 Å². The molecule has 0 heterocycles. The third-order valence-corrected chi connectivity index (χ3v) is 5.25. The molecule has 0 aromatic heterocycles. The van der Waals surface area contributed by atoms with E-state index in [2.05, 4.69) is 13.8 Å². The van der Waals surface area contributed by atoms with Crippen LogP contribution in [0.5, 0.6) is 0 Å². The molecule has 0 amide bonds. The van der Waals surface area contributed by atoms with Crippen LogP contribution in [0.25, 0.3) is 0 Å². The Morgan fingerprint density at radius 1 is 0.893 bits per heavy atom. The van der Waals surface area contributed by atoms with E-state index in [-0.39, 0.29) is 18.8 Å². The summed E-state index contributed by atoms with van der Waals surface area (Å²) < 4.78 is 35.1. The number of rotatable bonds is 19. The molecule has 0 spiro atoms. The van der Waals surface area contributed by atoms with Gasteiger partial charge in [-0.25, -0.2) is 4.57 Å². The van der Waals surface area contributed by atoms with Crippen molar-refractivity contribution in [3.05, 3.63) is 0 Å². The minimum absolute atomic E-state index is 0.0194. The molecular formula is C20H45NO6P+. The Balaban J connectivity index is 4.51. The van der Waals surface area contributed by atoms with E-state index in [1.807, 2.05) is 28.1 Å². The summed E-state index contributed by atoms with van der Waals surface area (Å²) in [4.78, 5) is 10.1. The molecule has 8 heteroatoms. The van der Waals surface area contributed by atoms with Crippen molar-refractivity contribution in [2.24, 2.45) is 0 Å². The molecule has 0 fully saturated rings. The van der Waals surface area contributed by atoms with E-state index in [0.717, 1.165) is 38.5 Å². The zero-order chi connectivity index (χ0) is 21.5. The highest BCUT2D eigenvalue weighted by Crippen LogP contribution is 2.45. The second kappa shape index (κ2) is 15.8. The number of hydrogen-bond acceptors (Lipinski definition) is 5. The van der Waals surface area contributed by atoms with Crippen molar-refractivity contribution in [2.75, 3.05) is 54.1 Å². The molecule has 0 bridgehead atoms. The van der Waals surface area contributed by atoms with Gasteiger partial charge in [0.1, 0.15) is 18.8 Å².